The normalized spacial score (nSPS) is 20.6. The van der Waals surface area contributed by atoms with E-state index in [0.717, 1.165) is 25.9 Å². The zero-order valence-electron chi connectivity index (χ0n) is 11.2. The quantitative estimate of drug-likeness (QED) is 0.287. The van der Waals surface area contributed by atoms with E-state index in [1.165, 1.54) is 6.42 Å². The number of carbonyl (C=O) groups excluding carboxylic acids is 1. The first-order valence-corrected chi connectivity index (χ1v) is 6.55. The predicted octanol–water partition coefficient (Wildman–Crippen LogP) is 0.360. The molecule has 0 bridgehead atoms. The molecule has 6 nitrogen and oxygen atoms in total. The fourth-order valence-corrected chi connectivity index (χ4v) is 2.03. The zero-order chi connectivity index (χ0) is 13.5. The largest absolute Gasteiger partial charge is 0.409 e. The maximum Gasteiger partial charge on any atom is 0.239 e. The first-order chi connectivity index (χ1) is 8.56. The van der Waals surface area contributed by atoms with Crippen LogP contribution in [-0.2, 0) is 4.79 Å². The van der Waals surface area contributed by atoms with Gasteiger partial charge in [-0.2, -0.15) is 0 Å². The van der Waals surface area contributed by atoms with E-state index >= 15 is 0 Å². The number of rotatable bonds is 5. The van der Waals surface area contributed by atoms with Gasteiger partial charge in [0.15, 0.2) is 0 Å². The molecule has 0 aromatic carbocycles. The molecule has 104 valence electrons. The summed E-state index contributed by atoms with van der Waals surface area (Å²) in [7, 11) is 0. The Bertz CT molecular complexity index is 300. The van der Waals surface area contributed by atoms with Crippen molar-refractivity contribution in [1.29, 1.82) is 0 Å². The first-order valence-electron chi connectivity index (χ1n) is 6.55. The molecular weight excluding hydrogens is 232 g/mol. The molecule has 0 saturated carbocycles. The van der Waals surface area contributed by atoms with Crippen LogP contribution in [0.15, 0.2) is 5.16 Å². The summed E-state index contributed by atoms with van der Waals surface area (Å²) in [4.78, 5) is 14.0. The first kappa shape index (κ1) is 14.8. The second kappa shape index (κ2) is 7.20. The summed E-state index contributed by atoms with van der Waals surface area (Å²) in [6.07, 6.45) is 3.41. The molecule has 2 unspecified atom stereocenters. The van der Waals surface area contributed by atoms with Crippen LogP contribution in [-0.4, -0.2) is 47.5 Å². The average Bonchev–Trinajstić information content (AvgIpc) is 2.43. The van der Waals surface area contributed by atoms with E-state index in [4.69, 9.17) is 10.9 Å². The maximum absolute atomic E-state index is 12.1. The van der Waals surface area contributed by atoms with Gasteiger partial charge in [-0.25, -0.2) is 0 Å². The van der Waals surface area contributed by atoms with Gasteiger partial charge in [0.25, 0.3) is 0 Å². The van der Waals surface area contributed by atoms with Gasteiger partial charge in [-0.05, 0) is 26.2 Å². The Hall–Kier alpha value is -1.30. The zero-order valence-corrected chi connectivity index (χ0v) is 11.2. The average molecular weight is 256 g/mol. The Morgan fingerprint density at radius 2 is 2.00 bits per heavy atom. The van der Waals surface area contributed by atoms with E-state index in [2.05, 4.69) is 10.5 Å². The number of amidine groups is 1. The highest BCUT2D eigenvalue weighted by atomic mass is 16.4. The Morgan fingerprint density at radius 1 is 1.39 bits per heavy atom. The highest BCUT2D eigenvalue weighted by Crippen LogP contribution is 2.10. The molecule has 0 radical (unpaired) electrons. The van der Waals surface area contributed by atoms with Crippen LogP contribution in [0.4, 0.5) is 0 Å². The SMILES string of the molecule is CC(CNC(C)C(=O)N1CCCCC1)C(N)=NO. The van der Waals surface area contributed by atoms with Crippen LogP contribution in [0.25, 0.3) is 0 Å². The second-order valence-electron chi connectivity index (χ2n) is 4.94. The van der Waals surface area contributed by atoms with Crippen molar-refractivity contribution >= 4 is 11.7 Å². The highest BCUT2D eigenvalue weighted by molar-refractivity contribution is 5.83. The number of oxime groups is 1. The molecule has 1 fully saturated rings. The van der Waals surface area contributed by atoms with E-state index in [1.54, 1.807) is 0 Å². The number of nitrogens with one attached hydrogen (secondary N) is 1. The van der Waals surface area contributed by atoms with Gasteiger partial charge >= 0.3 is 0 Å². The summed E-state index contributed by atoms with van der Waals surface area (Å²) in [5.41, 5.74) is 5.49. The number of carbonyl (C=O) groups is 1. The molecule has 1 aliphatic heterocycles. The molecule has 1 amide bonds. The van der Waals surface area contributed by atoms with Gasteiger partial charge in [0, 0.05) is 25.6 Å². The minimum absolute atomic E-state index is 0.0911. The van der Waals surface area contributed by atoms with Gasteiger partial charge in [0.2, 0.25) is 5.91 Å². The van der Waals surface area contributed by atoms with Gasteiger partial charge in [0.1, 0.15) is 5.84 Å². The van der Waals surface area contributed by atoms with Crippen molar-refractivity contribution in [3.8, 4) is 0 Å². The van der Waals surface area contributed by atoms with Crippen molar-refractivity contribution in [2.75, 3.05) is 19.6 Å². The summed E-state index contributed by atoms with van der Waals surface area (Å²) in [5.74, 6) is 0.230. The summed E-state index contributed by atoms with van der Waals surface area (Å²) < 4.78 is 0. The lowest BCUT2D eigenvalue weighted by molar-refractivity contribution is -0.133. The van der Waals surface area contributed by atoms with Gasteiger partial charge < -0.3 is 21.2 Å². The van der Waals surface area contributed by atoms with Gasteiger partial charge in [-0.1, -0.05) is 12.1 Å². The number of piperidine rings is 1. The van der Waals surface area contributed by atoms with E-state index < -0.39 is 0 Å². The third-order valence-electron chi connectivity index (χ3n) is 3.39. The predicted molar refractivity (Wildman–Crippen MR) is 70.5 cm³/mol. The molecule has 4 N–H and O–H groups in total. The smallest absolute Gasteiger partial charge is 0.239 e. The van der Waals surface area contributed by atoms with Gasteiger partial charge in [-0.3, -0.25) is 4.79 Å². The molecule has 1 rings (SSSR count). The molecule has 0 aromatic heterocycles. The molecular formula is C12H24N4O2. The molecule has 1 saturated heterocycles. The van der Waals surface area contributed by atoms with Crippen molar-refractivity contribution in [1.82, 2.24) is 10.2 Å². The fraction of sp³-hybridized carbons (Fsp3) is 0.833. The van der Waals surface area contributed by atoms with E-state index in [-0.39, 0.29) is 23.7 Å². The van der Waals surface area contributed by atoms with E-state index in [0.29, 0.717) is 6.54 Å². The summed E-state index contributed by atoms with van der Waals surface area (Å²) in [6, 6.07) is -0.225. The molecule has 0 aromatic rings. The molecule has 6 heteroatoms. The monoisotopic (exact) mass is 256 g/mol. The molecule has 2 atom stereocenters. The van der Waals surface area contributed by atoms with Crippen molar-refractivity contribution < 1.29 is 10.0 Å². The molecule has 1 aliphatic rings. The molecule has 0 aliphatic carbocycles. The number of nitrogens with two attached hydrogens (primary N) is 1. The minimum Gasteiger partial charge on any atom is -0.409 e. The summed E-state index contributed by atoms with van der Waals surface area (Å²) in [6.45, 7) is 5.95. The van der Waals surface area contributed by atoms with Crippen LogP contribution in [0.2, 0.25) is 0 Å². The Morgan fingerprint density at radius 3 is 2.56 bits per heavy atom. The topological polar surface area (TPSA) is 91.0 Å². The van der Waals surface area contributed by atoms with Gasteiger partial charge in [0.05, 0.1) is 6.04 Å². The number of likely N-dealkylation sites (tertiary alicyclic amines) is 1. The van der Waals surface area contributed by atoms with Crippen molar-refractivity contribution in [3.63, 3.8) is 0 Å². The number of amides is 1. The Kier molecular flexibility index (Phi) is 5.91. The van der Waals surface area contributed by atoms with Crippen LogP contribution in [0, 0.1) is 5.92 Å². The second-order valence-corrected chi connectivity index (χ2v) is 4.94. The lowest BCUT2D eigenvalue weighted by Crippen LogP contribution is -2.48. The third kappa shape index (κ3) is 4.18. The third-order valence-corrected chi connectivity index (χ3v) is 3.39. The number of hydrogen-bond donors (Lipinski definition) is 3. The fourth-order valence-electron chi connectivity index (χ4n) is 2.03. The molecule has 18 heavy (non-hydrogen) atoms. The van der Waals surface area contributed by atoms with Crippen LogP contribution in [0.1, 0.15) is 33.1 Å². The van der Waals surface area contributed by atoms with Crippen LogP contribution in [0.5, 0.6) is 0 Å². The lowest BCUT2D eigenvalue weighted by Gasteiger charge is -2.29. The standard InChI is InChI=1S/C12H24N4O2/c1-9(11(13)15-18)8-14-10(2)12(17)16-6-4-3-5-7-16/h9-10,14,18H,3-8H2,1-2H3,(H2,13,15). The van der Waals surface area contributed by atoms with Crippen molar-refractivity contribution in [3.05, 3.63) is 0 Å². The summed E-state index contributed by atoms with van der Waals surface area (Å²) >= 11 is 0. The van der Waals surface area contributed by atoms with Crippen molar-refractivity contribution in [2.45, 2.75) is 39.2 Å². The van der Waals surface area contributed by atoms with Gasteiger partial charge in [-0.15, -0.1) is 0 Å². The highest BCUT2D eigenvalue weighted by Gasteiger charge is 2.22. The number of nitrogens with zero attached hydrogens (tertiary/aromatic N) is 2. The molecule has 1 heterocycles. The Balaban J connectivity index is 2.35. The van der Waals surface area contributed by atoms with Crippen molar-refractivity contribution in [2.24, 2.45) is 16.8 Å². The Labute approximate surface area is 108 Å². The van der Waals surface area contributed by atoms with Crippen LogP contribution in [0.3, 0.4) is 0 Å². The molecule has 0 spiro atoms. The summed E-state index contributed by atoms with van der Waals surface area (Å²) in [5, 5.41) is 14.6. The maximum atomic E-state index is 12.1. The van der Waals surface area contributed by atoms with E-state index in [1.807, 2.05) is 18.7 Å². The number of hydrogen-bond acceptors (Lipinski definition) is 4. The van der Waals surface area contributed by atoms with E-state index in [9.17, 15) is 4.79 Å². The lowest BCUT2D eigenvalue weighted by atomic mass is 10.1. The van der Waals surface area contributed by atoms with Crippen LogP contribution >= 0.6 is 0 Å². The van der Waals surface area contributed by atoms with Crippen LogP contribution < -0.4 is 11.1 Å². The minimum atomic E-state index is -0.225.